The fourth-order valence-corrected chi connectivity index (χ4v) is 8.65. The van der Waals surface area contributed by atoms with Gasteiger partial charge in [-0.05, 0) is 75.4 Å². The van der Waals surface area contributed by atoms with Crippen LogP contribution in [0.4, 0.5) is 0 Å². The number of esters is 1. The van der Waals surface area contributed by atoms with Crippen molar-refractivity contribution in [2.24, 2.45) is 22.7 Å². The number of fused-ring (bicyclic) bond motifs is 2. The molecule has 3 fully saturated rings. The minimum atomic E-state index is -1.62. The summed E-state index contributed by atoms with van der Waals surface area (Å²) in [6, 6.07) is -0.767. The smallest absolute Gasteiger partial charge is 0.311 e. The van der Waals surface area contributed by atoms with E-state index >= 15 is 0 Å². The summed E-state index contributed by atoms with van der Waals surface area (Å²) in [5.74, 6) is -2.46. The number of hydrogen-bond acceptors (Lipinski definition) is 14. The van der Waals surface area contributed by atoms with Crippen LogP contribution in [-0.4, -0.2) is 149 Å². The molecule has 0 unspecified atom stereocenters. The van der Waals surface area contributed by atoms with Crippen LogP contribution in [0.1, 0.15) is 94.9 Å². The molecule has 0 saturated carbocycles. The Balaban J connectivity index is 1.82. The lowest BCUT2D eigenvalue weighted by Crippen LogP contribution is -2.60. The molecule has 14 heteroatoms. The molecule has 0 aromatic rings. The highest BCUT2D eigenvalue weighted by Crippen LogP contribution is 2.42. The fourth-order valence-electron chi connectivity index (χ4n) is 8.65. The van der Waals surface area contributed by atoms with E-state index in [1.165, 1.54) is 7.11 Å². The average molecular weight is 731 g/mol. The van der Waals surface area contributed by atoms with Gasteiger partial charge in [-0.15, -0.1) is 0 Å². The molecule has 4 aliphatic rings. The number of aliphatic hydroxyl groups excluding tert-OH is 3. The third-order valence-corrected chi connectivity index (χ3v) is 11.9. The Morgan fingerprint density at radius 1 is 0.941 bits per heavy atom. The summed E-state index contributed by atoms with van der Waals surface area (Å²) in [5.41, 5.74) is -3.90. The van der Waals surface area contributed by atoms with E-state index in [0.717, 1.165) is 0 Å². The van der Waals surface area contributed by atoms with Gasteiger partial charge in [0.1, 0.15) is 24.4 Å². The van der Waals surface area contributed by atoms with E-state index in [1.54, 1.807) is 34.6 Å². The van der Waals surface area contributed by atoms with Gasteiger partial charge in [0.2, 0.25) is 0 Å². The largest absolute Gasteiger partial charge is 0.468 e. The highest BCUT2D eigenvalue weighted by Gasteiger charge is 2.56. The second-order valence-corrected chi connectivity index (χ2v) is 16.5. The number of hydrogen-bond donors (Lipinski definition) is 4. The Morgan fingerprint density at radius 2 is 1.59 bits per heavy atom. The normalized spacial score (nSPS) is 50.3. The molecular formula is C37H66N2O12. The number of nitrogens with zero attached hydrogens (tertiary/aromatic N) is 2. The van der Waals surface area contributed by atoms with Crippen molar-refractivity contribution in [2.75, 3.05) is 21.2 Å². The molecular weight excluding hydrogens is 664 g/mol. The molecule has 4 heterocycles. The highest BCUT2D eigenvalue weighted by molar-refractivity contribution is 5.82. The molecule has 0 radical (unpaired) electrons. The van der Waals surface area contributed by atoms with Gasteiger partial charge >= 0.3 is 5.97 Å². The topological polar surface area (TPSA) is 178 Å². The standard InChI is InChI=1S/C37H66N2O12/c1-14-25-37(10)29(41)22(6)32(51-37)38-18(2)16-35(8,44)31(50-34-27(40)24(39(11)12)15-19(3)46-34)20(4)28(21(5)33(43)48-25)49-26-17-36(9,45-13)30(42)23(7)47-26/h18-31,34,40-42,44H,14-17H2,1-13H3/t18-,19-,20+,21-,22-,23+,24+,25-,26+,27-,28+,29-,30+,31-,34+,35-,36-,37+/m1/s1. The first-order valence-corrected chi connectivity index (χ1v) is 18.7. The Hall–Kier alpha value is -1.46. The molecule has 0 aliphatic carbocycles. The van der Waals surface area contributed by atoms with Gasteiger partial charge in [-0.25, -0.2) is 0 Å². The van der Waals surface area contributed by atoms with Gasteiger partial charge in [0.15, 0.2) is 24.1 Å². The lowest BCUT2D eigenvalue weighted by molar-refractivity contribution is -0.317. The molecule has 0 aromatic heterocycles. The van der Waals surface area contributed by atoms with E-state index < -0.39 is 102 Å². The van der Waals surface area contributed by atoms with Gasteiger partial charge in [0, 0.05) is 31.9 Å². The quantitative estimate of drug-likeness (QED) is 0.281. The third-order valence-electron chi connectivity index (χ3n) is 11.9. The molecule has 14 nitrogen and oxygen atoms in total. The molecule has 0 spiro atoms. The Kier molecular flexibility index (Phi) is 13.4. The Bertz CT molecular complexity index is 1220. The maximum atomic E-state index is 14.2. The molecule has 4 aliphatic heterocycles. The predicted octanol–water partition coefficient (Wildman–Crippen LogP) is 2.41. The predicted molar refractivity (Wildman–Crippen MR) is 188 cm³/mol. The van der Waals surface area contributed by atoms with Gasteiger partial charge in [-0.3, -0.25) is 9.79 Å². The number of methoxy groups -OCH3 is 1. The zero-order valence-electron chi connectivity index (χ0n) is 32.9. The molecule has 3 saturated heterocycles. The summed E-state index contributed by atoms with van der Waals surface area (Å²) in [7, 11) is 5.28. The summed E-state index contributed by atoms with van der Waals surface area (Å²) in [6.07, 6.45) is -7.63. The number of cyclic esters (lactones) is 1. The van der Waals surface area contributed by atoms with Gasteiger partial charge in [0.25, 0.3) is 0 Å². The molecule has 18 atom stereocenters. The lowest BCUT2D eigenvalue weighted by Gasteiger charge is -2.48. The minimum Gasteiger partial charge on any atom is -0.468 e. The number of rotatable bonds is 7. The van der Waals surface area contributed by atoms with Crippen LogP contribution in [0, 0.1) is 17.8 Å². The third kappa shape index (κ3) is 8.60. The molecule has 4 rings (SSSR count). The van der Waals surface area contributed by atoms with Crippen molar-refractivity contribution in [3.8, 4) is 0 Å². The average Bonchev–Trinajstić information content (AvgIpc) is 3.26. The fraction of sp³-hybridized carbons (Fsp3) is 0.946. The van der Waals surface area contributed by atoms with Crippen LogP contribution in [0.2, 0.25) is 0 Å². The van der Waals surface area contributed by atoms with E-state index in [2.05, 4.69) is 0 Å². The molecule has 4 N–H and O–H groups in total. The highest BCUT2D eigenvalue weighted by atomic mass is 16.7. The van der Waals surface area contributed by atoms with E-state index in [9.17, 15) is 25.2 Å². The van der Waals surface area contributed by atoms with Crippen LogP contribution >= 0.6 is 0 Å². The maximum absolute atomic E-state index is 14.2. The number of likely N-dealkylation sites (N-methyl/N-ethyl adjacent to an activating group) is 1. The van der Waals surface area contributed by atoms with Crippen molar-refractivity contribution in [1.82, 2.24) is 4.90 Å². The first-order chi connectivity index (χ1) is 23.6. The van der Waals surface area contributed by atoms with Crippen molar-refractivity contribution in [3.63, 3.8) is 0 Å². The van der Waals surface area contributed by atoms with Crippen LogP contribution < -0.4 is 0 Å². The number of carbonyl (C=O) groups excluding carboxylic acids is 1. The van der Waals surface area contributed by atoms with Crippen molar-refractivity contribution in [1.29, 1.82) is 0 Å². The zero-order valence-corrected chi connectivity index (χ0v) is 32.9. The van der Waals surface area contributed by atoms with Gasteiger partial charge in [0.05, 0.1) is 53.5 Å². The van der Waals surface area contributed by atoms with Gasteiger partial charge in [-0.1, -0.05) is 20.8 Å². The lowest BCUT2D eigenvalue weighted by atomic mass is 9.78. The van der Waals surface area contributed by atoms with Crippen LogP contribution in [-0.2, 0) is 38.0 Å². The zero-order chi connectivity index (χ0) is 38.4. The van der Waals surface area contributed by atoms with Gasteiger partial charge in [-0.2, -0.15) is 0 Å². The van der Waals surface area contributed by atoms with Gasteiger partial charge < -0.3 is 58.5 Å². The summed E-state index contributed by atoms with van der Waals surface area (Å²) in [4.78, 5) is 21.0. The maximum Gasteiger partial charge on any atom is 0.311 e. The first-order valence-electron chi connectivity index (χ1n) is 18.7. The van der Waals surface area contributed by atoms with Crippen LogP contribution in [0.3, 0.4) is 0 Å². The summed E-state index contributed by atoms with van der Waals surface area (Å²) >= 11 is 0. The number of aliphatic hydroxyl groups is 4. The SMILES string of the molecule is CC[C@H]1OC(=O)[C@H](C)[C@@H](O[C@H]2C[C@@](C)(OC)[C@@H](O)[C@H](C)O2)[C@H](C)[C@@H](O[C@@H]2O[C@H](C)C[C@H](N(C)C)[C@H]2O)[C@](C)(O)C[C@@H](C)N=C2O[C@]1(C)[C@H](O)[C@H]2C. The Morgan fingerprint density at radius 3 is 2.18 bits per heavy atom. The van der Waals surface area contributed by atoms with Crippen LogP contribution in [0.15, 0.2) is 4.99 Å². The molecule has 51 heavy (non-hydrogen) atoms. The van der Waals surface area contributed by atoms with E-state index in [1.807, 2.05) is 53.6 Å². The monoisotopic (exact) mass is 730 g/mol. The molecule has 2 bridgehead atoms. The van der Waals surface area contributed by atoms with Crippen molar-refractivity contribution in [3.05, 3.63) is 0 Å². The number of ether oxygens (including phenoxy) is 7. The van der Waals surface area contributed by atoms with Crippen molar-refractivity contribution in [2.45, 2.75) is 185 Å². The number of aliphatic imine (C=N–C) groups is 1. The summed E-state index contributed by atoms with van der Waals surface area (Å²) in [6.45, 7) is 17.8. The van der Waals surface area contributed by atoms with E-state index in [0.29, 0.717) is 18.7 Å². The molecule has 296 valence electrons. The second kappa shape index (κ2) is 16.1. The molecule has 0 aromatic carbocycles. The minimum absolute atomic E-state index is 0.0948. The van der Waals surface area contributed by atoms with Crippen molar-refractivity contribution >= 4 is 11.9 Å². The van der Waals surface area contributed by atoms with Crippen molar-refractivity contribution < 1.29 is 58.4 Å². The first kappa shape index (κ1) is 42.3. The Labute approximate surface area is 304 Å². The molecule has 0 amide bonds. The van der Waals surface area contributed by atoms with Crippen LogP contribution in [0.25, 0.3) is 0 Å². The summed E-state index contributed by atoms with van der Waals surface area (Å²) < 4.78 is 44.0. The van der Waals surface area contributed by atoms with E-state index in [4.69, 9.17) is 38.2 Å². The number of carbonyl (C=O) groups is 1. The second-order valence-electron chi connectivity index (χ2n) is 16.5. The summed E-state index contributed by atoms with van der Waals surface area (Å²) in [5, 5.41) is 46.3. The van der Waals surface area contributed by atoms with E-state index in [-0.39, 0.29) is 25.0 Å². The van der Waals surface area contributed by atoms with Crippen LogP contribution in [0.5, 0.6) is 0 Å².